The van der Waals surface area contributed by atoms with Crippen LogP contribution in [0.15, 0.2) is 41.3 Å². The number of halogens is 2. The Balaban J connectivity index is 1.66. The Hall–Kier alpha value is -2.00. The highest BCUT2D eigenvalue weighted by molar-refractivity contribution is 7.89. The second-order valence-electron chi connectivity index (χ2n) is 6.81. The van der Waals surface area contributed by atoms with Gasteiger partial charge in [0.1, 0.15) is 11.5 Å². The summed E-state index contributed by atoms with van der Waals surface area (Å²) in [5.74, 6) is 0.324. The lowest BCUT2D eigenvalue weighted by Crippen LogP contribution is -2.41. The van der Waals surface area contributed by atoms with Crippen molar-refractivity contribution < 1.29 is 22.7 Å². The molecule has 30 heavy (non-hydrogen) atoms. The smallest absolute Gasteiger partial charge is 0.243 e. The standard InChI is InChI=1S/C20H22Cl2N2O5S/c1-28-18-12-19(29-2)17(11-16(18)22)23-20(25)13-7-9-24(10-8-13)30(26,27)15-5-3-14(21)4-6-15/h3-6,11-13H,7-10H2,1-2H3,(H,23,25). The Bertz CT molecular complexity index is 1020. The molecule has 3 rings (SSSR count). The van der Waals surface area contributed by atoms with Crippen LogP contribution in [0.25, 0.3) is 0 Å². The maximum atomic E-state index is 12.8. The third-order valence-corrected chi connectivity index (χ3v) is 7.47. The number of carbonyl (C=O) groups excluding carboxylic acids is 1. The number of sulfonamides is 1. The summed E-state index contributed by atoms with van der Waals surface area (Å²) in [6, 6.07) is 9.22. The zero-order chi connectivity index (χ0) is 21.9. The highest BCUT2D eigenvalue weighted by Crippen LogP contribution is 2.36. The fourth-order valence-electron chi connectivity index (χ4n) is 3.31. The van der Waals surface area contributed by atoms with E-state index in [9.17, 15) is 13.2 Å². The van der Waals surface area contributed by atoms with E-state index in [1.54, 1.807) is 24.3 Å². The number of nitrogens with one attached hydrogen (secondary N) is 1. The maximum Gasteiger partial charge on any atom is 0.243 e. The zero-order valence-electron chi connectivity index (χ0n) is 16.5. The number of rotatable bonds is 6. The minimum atomic E-state index is -3.62. The van der Waals surface area contributed by atoms with Gasteiger partial charge in [-0.2, -0.15) is 4.31 Å². The molecule has 2 aromatic carbocycles. The van der Waals surface area contributed by atoms with E-state index < -0.39 is 10.0 Å². The summed E-state index contributed by atoms with van der Waals surface area (Å²) in [4.78, 5) is 12.9. The van der Waals surface area contributed by atoms with Crippen LogP contribution in [0.3, 0.4) is 0 Å². The van der Waals surface area contributed by atoms with Crippen molar-refractivity contribution in [2.75, 3.05) is 32.6 Å². The van der Waals surface area contributed by atoms with Gasteiger partial charge < -0.3 is 14.8 Å². The fourth-order valence-corrected chi connectivity index (χ4v) is 5.14. The van der Waals surface area contributed by atoms with Crippen LogP contribution < -0.4 is 14.8 Å². The first-order chi connectivity index (χ1) is 14.3. The highest BCUT2D eigenvalue weighted by atomic mass is 35.5. The first kappa shape index (κ1) is 22.7. The molecule has 1 fully saturated rings. The number of piperidine rings is 1. The Morgan fingerprint density at radius 2 is 1.63 bits per heavy atom. The third kappa shape index (κ3) is 4.83. The minimum Gasteiger partial charge on any atom is -0.495 e. The zero-order valence-corrected chi connectivity index (χ0v) is 18.9. The van der Waals surface area contributed by atoms with E-state index in [1.165, 1.54) is 30.7 Å². The van der Waals surface area contributed by atoms with E-state index in [4.69, 9.17) is 32.7 Å². The predicted octanol–water partition coefficient (Wildman–Crippen LogP) is 4.05. The molecule has 10 heteroatoms. The molecule has 0 bridgehead atoms. The average molecular weight is 473 g/mol. The SMILES string of the molecule is COc1cc(OC)c(NC(=O)C2CCN(S(=O)(=O)c3ccc(Cl)cc3)CC2)cc1Cl. The molecule has 0 atom stereocenters. The molecule has 2 aromatic rings. The summed E-state index contributed by atoms with van der Waals surface area (Å²) in [7, 11) is -0.644. The molecule has 0 aromatic heterocycles. The van der Waals surface area contributed by atoms with Gasteiger partial charge in [0.2, 0.25) is 15.9 Å². The average Bonchev–Trinajstić information content (AvgIpc) is 2.74. The number of carbonyl (C=O) groups is 1. The predicted molar refractivity (Wildman–Crippen MR) is 116 cm³/mol. The van der Waals surface area contributed by atoms with Crippen molar-refractivity contribution in [2.45, 2.75) is 17.7 Å². The number of methoxy groups -OCH3 is 2. The van der Waals surface area contributed by atoms with Crippen molar-refractivity contribution in [1.82, 2.24) is 4.31 Å². The summed E-state index contributed by atoms with van der Waals surface area (Å²) < 4.78 is 37.4. The number of amides is 1. The van der Waals surface area contributed by atoms with Gasteiger partial charge in [-0.1, -0.05) is 23.2 Å². The van der Waals surface area contributed by atoms with E-state index in [-0.39, 0.29) is 29.8 Å². The Morgan fingerprint density at radius 3 is 2.20 bits per heavy atom. The summed E-state index contributed by atoms with van der Waals surface area (Å²) in [6.07, 6.45) is 0.815. The molecule has 1 amide bonds. The van der Waals surface area contributed by atoms with Crippen molar-refractivity contribution in [3.63, 3.8) is 0 Å². The van der Waals surface area contributed by atoms with E-state index in [1.807, 2.05) is 0 Å². The number of ether oxygens (including phenoxy) is 2. The number of nitrogens with zero attached hydrogens (tertiary/aromatic N) is 1. The molecule has 7 nitrogen and oxygen atoms in total. The van der Waals surface area contributed by atoms with Crippen LogP contribution in [0.4, 0.5) is 5.69 Å². The summed E-state index contributed by atoms with van der Waals surface area (Å²) in [5.41, 5.74) is 0.435. The van der Waals surface area contributed by atoms with Gasteiger partial charge >= 0.3 is 0 Å². The van der Waals surface area contributed by atoms with Gasteiger partial charge in [0.25, 0.3) is 0 Å². The normalized spacial score (nSPS) is 15.6. The van der Waals surface area contributed by atoms with Crippen LogP contribution in [0.5, 0.6) is 11.5 Å². The molecular weight excluding hydrogens is 451 g/mol. The van der Waals surface area contributed by atoms with Crippen molar-refractivity contribution in [3.05, 3.63) is 46.4 Å². The summed E-state index contributed by atoms with van der Waals surface area (Å²) >= 11 is 12.0. The van der Waals surface area contributed by atoms with Crippen LogP contribution in [0.1, 0.15) is 12.8 Å². The van der Waals surface area contributed by atoms with Crippen LogP contribution >= 0.6 is 23.2 Å². The molecule has 0 spiro atoms. The van der Waals surface area contributed by atoms with Gasteiger partial charge in [0.05, 0.1) is 29.8 Å². The molecule has 0 aliphatic carbocycles. The Labute approximate surface area is 185 Å². The van der Waals surface area contributed by atoms with Crippen molar-refractivity contribution in [2.24, 2.45) is 5.92 Å². The molecule has 0 unspecified atom stereocenters. The van der Waals surface area contributed by atoms with E-state index in [0.717, 1.165) is 0 Å². The highest BCUT2D eigenvalue weighted by Gasteiger charge is 2.32. The maximum absolute atomic E-state index is 12.8. The van der Waals surface area contributed by atoms with Gasteiger partial charge in [0.15, 0.2) is 0 Å². The minimum absolute atomic E-state index is 0.187. The molecule has 1 N–H and O–H groups in total. The van der Waals surface area contributed by atoms with Gasteiger partial charge in [-0.25, -0.2) is 8.42 Å². The fraction of sp³-hybridized carbons (Fsp3) is 0.350. The lowest BCUT2D eigenvalue weighted by molar-refractivity contribution is -0.120. The largest absolute Gasteiger partial charge is 0.495 e. The van der Waals surface area contributed by atoms with E-state index in [0.29, 0.717) is 40.1 Å². The number of hydrogen-bond acceptors (Lipinski definition) is 5. The molecule has 162 valence electrons. The number of anilines is 1. The van der Waals surface area contributed by atoms with Crippen LogP contribution in [0.2, 0.25) is 10.0 Å². The van der Waals surface area contributed by atoms with Crippen molar-refractivity contribution in [3.8, 4) is 11.5 Å². The van der Waals surface area contributed by atoms with E-state index in [2.05, 4.69) is 5.32 Å². The van der Waals surface area contributed by atoms with E-state index >= 15 is 0 Å². The van der Waals surface area contributed by atoms with Gasteiger partial charge in [-0.15, -0.1) is 0 Å². The molecule has 0 saturated carbocycles. The Morgan fingerprint density at radius 1 is 1.03 bits per heavy atom. The second kappa shape index (κ2) is 9.43. The van der Waals surface area contributed by atoms with Crippen LogP contribution in [-0.2, 0) is 14.8 Å². The van der Waals surface area contributed by atoms with Crippen molar-refractivity contribution >= 4 is 44.8 Å². The topological polar surface area (TPSA) is 84.9 Å². The first-order valence-corrected chi connectivity index (χ1v) is 11.4. The summed E-state index contributed by atoms with van der Waals surface area (Å²) in [6.45, 7) is 0.507. The first-order valence-electron chi connectivity index (χ1n) is 9.24. The second-order valence-corrected chi connectivity index (χ2v) is 9.59. The quantitative estimate of drug-likeness (QED) is 0.685. The molecular formula is C20H22Cl2N2O5S. The van der Waals surface area contributed by atoms with Gasteiger partial charge in [-0.3, -0.25) is 4.79 Å². The van der Waals surface area contributed by atoms with Crippen LogP contribution in [0, 0.1) is 5.92 Å². The number of hydrogen-bond donors (Lipinski definition) is 1. The molecule has 1 aliphatic heterocycles. The number of benzene rings is 2. The van der Waals surface area contributed by atoms with Crippen molar-refractivity contribution in [1.29, 1.82) is 0 Å². The lowest BCUT2D eigenvalue weighted by Gasteiger charge is -2.30. The molecule has 1 heterocycles. The Kier molecular flexibility index (Phi) is 7.13. The lowest BCUT2D eigenvalue weighted by atomic mass is 9.97. The molecule has 1 saturated heterocycles. The van der Waals surface area contributed by atoms with Crippen LogP contribution in [-0.4, -0.2) is 45.9 Å². The third-order valence-electron chi connectivity index (χ3n) is 5.01. The molecule has 0 radical (unpaired) electrons. The monoisotopic (exact) mass is 472 g/mol. The van der Waals surface area contributed by atoms with Gasteiger partial charge in [-0.05, 0) is 43.2 Å². The summed E-state index contributed by atoms with van der Waals surface area (Å²) in [5, 5.41) is 3.64. The van der Waals surface area contributed by atoms with Gasteiger partial charge in [0, 0.05) is 30.1 Å². The molecule has 1 aliphatic rings.